The van der Waals surface area contributed by atoms with Gasteiger partial charge in [0.1, 0.15) is 5.52 Å². The highest BCUT2D eigenvalue weighted by Gasteiger charge is 2.12. The van der Waals surface area contributed by atoms with E-state index >= 15 is 0 Å². The molecule has 0 aliphatic heterocycles. The molecule has 0 bridgehead atoms. The number of nitro benzene ring substituents is 1. The highest BCUT2D eigenvalue weighted by Crippen LogP contribution is 2.23. The molecule has 0 radical (unpaired) electrons. The number of ether oxygens (including phenoxy) is 1. The molecular formula is C12H15N3O4. The first-order valence-corrected chi connectivity index (χ1v) is 5.88. The second-order valence-corrected chi connectivity index (χ2v) is 4.37. The summed E-state index contributed by atoms with van der Waals surface area (Å²) in [5, 5.41) is 13.7. The third-order valence-electron chi connectivity index (χ3n) is 2.63. The smallest absolute Gasteiger partial charge is 0.295 e. The van der Waals surface area contributed by atoms with Gasteiger partial charge in [-0.3, -0.25) is 10.1 Å². The molecule has 1 aromatic heterocycles. The minimum absolute atomic E-state index is 0.0000936. The van der Waals surface area contributed by atoms with Crippen molar-refractivity contribution in [3.63, 3.8) is 0 Å². The Bertz CT molecular complexity index is 581. The third-order valence-corrected chi connectivity index (χ3v) is 2.63. The molecule has 0 spiro atoms. The van der Waals surface area contributed by atoms with Crippen molar-refractivity contribution < 1.29 is 14.1 Å². The Morgan fingerprint density at radius 1 is 1.58 bits per heavy atom. The number of hydrogen-bond donors (Lipinski definition) is 1. The largest absolute Gasteiger partial charge is 0.424 e. The van der Waals surface area contributed by atoms with Crippen LogP contribution in [0.1, 0.15) is 6.92 Å². The summed E-state index contributed by atoms with van der Waals surface area (Å²) in [5.41, 5.74) is 0.990. The van der Waals surface area contributed by atoms with Gasteiger partial charge in [-0.15, -0.1) is 0 Å². The number of fused-ring (bicyclic) bond motifs is 1. The summed E-state index contributed by atoms with van der Waals surface area (Å²) < 4.78 is 10.5. The van der Waals surface area contributed by atoms with Gasteiger partial charge in [0.25, 0.3) is 11.7 Å². The molecule has 102 valence electrons. The molecule has 2 aromatic rings. The van der Waals surface area contributed by atoms with Gasteiger partial charge in [0.15, 0.2) is 5.58 Å². The fourth-order valence-electron chi connectivity index (χ4n) is 1.71. The van der Waals surface area contributed by atoms with Gasteiger partial charge in [-0.1, -0.05) is 6.92 Å². The van der Waals surface area contributed by atoms with Crippen molar-refractivity contribution in [2.75, 3.05) is 25.6 Å². The summed E-state index contributed by atoms with van der Waals surface area (Å²) >= 11 is 0. The second kappa shape index (κ2) is 5.66. The molecule has 1 atom stereocenters. The quantitative estimate of drug-likeness (QED) is 0.637. The first-order chi connectivity index (χ1) is 9.10. The Hall–Kier alpha value is -2.15. The van der Waals surface area contributed by atoms with Gasteiger partial charge in [0.2, 0.25) is 0 Å². The number of nitrogens with one attached hydrogen (secondary N) is 1. The van der Waals surface area contributed by atoms with Crippen LogP contribution < -0.4 is 5.32 Å². The van der Waals surface area contributed by atoms with Gasteiger partial charge in [0.05, 0.1) is 11.5 Å². The molecule has 1 aromatic carbocycles. The highest BCUT2D eigenvalue weighted by atomic mass is 16.6. The molecular weight excluding hydrogens is 250 g/mol. The van der Waals surface area contributed by atoms with Crippen LogP contribution in [0.3, 0.4) is 0 Å². The Balaban J connectivity index is 2.11. The van der Waals surface area contributed by atoms with E-state index in [0.717, 1.165) is 0 Å². The molecule has 0 fully saturated rings. The summed E-state index contributed by atoms with van der Waals surface area (Å²) in [6.07, 6.45) is 0. The van der Waals surface area contributed by atoms with Crippen LogP contribution in [0, 0.1) is 16.0 Å². The van der Waals surface area contributed by atoms with Gasteiger partial charge in [-0.25, -0.2) is 0 Å². The number of nitro groups is 1. The predicted octanol–water partition coefficient (Wildman–Crippen LogP) is 2.43. The highest BCUT2D eigenvalue weighted by molar-refractivity contribution is 5.77. The average molecular weight is 265 g/mol. The standard InChI is InChI=1S/C12H15N3O4/c1-8(7-18-2)6-13-12-14-10-5-9(15(16)17)3-4-11(10)19-12/h3-5,8H,6-7H2,1-2H3,(H,13,14). The molecule has 0 amide bonds. The van der Waals surface area contributed by atoms with E-state index in [1.165, 1.54) is 12.1 Å². The molecule has 0 saturated carbocycles. The molecule has 0 saturated heterocycles. The van der Waals surface area contributed by atoms with Crippen LogP contribution in [0.15, 0.2) is 22.6 Å². The number of methoxy groups -OCH3 is 1. The summed E-state index contributed by atoms with van der Waals surface area (Å²) in [6, 6.07) is 4.69. The maximum Gasteiger partial charge on any atom is 0.295 e. The zero-order valence-corrected chi connectivity index (χ0v) is 10.8. The van der Waals surface area contributed by atoms with Gasteiger partial charge in [-0.2, -0.15) is 4.98 Å². The van der Waals surface area contributed by atoms with Gasteiger partial charge in [0, 0.05) is 25.8 Å². The number of anilines is 1. The number of aromatic nitrogens is 1. The van der Waals surface area contributed by atoms with E-state index in [2.05, 4.69) is 10.3 Å². The molecule has 0 aliphatic carbocycles. The minimum Gasteiger partial charge on any atom is -0.424 e. The Labute approximate surface area is 109 Å². The maximum atomic E-state index is 10.7. The van der Waals surface area contributed by atoms with Crippen molar-refractivity contribution in [1.82, 2.24) is 4.98 Å². The molecule has 19 heavy (non-hydrogen) atoms. The minimum atomic E-state index is -0.456. The van der Waals surface area contributed by atoms with E-state index in [0.29, 0.717) is 36.2 Å². The normalized spacial score (nSPS) is 12.5. The molecule has 7 nitrogen and oxygen atoms in total. The van der Waals surface area contributed by atoms with Crippen LogP contribution in [-0.2, 0) is 4.74 Å². The Morgan fingerprint density at radius 3 is 3.05 bits per heavy atom. The van der Waals surface area contributed by atoms with Gasteiger partial charge in [-0.05, 0) is 12.0 Å². The number of oxazole rings is 1. The van der Waals surface area contributed by atoms with E-state index in [1.54, 1.807) is 13.2 Å². The van der Waals surface area contributed by atoms with E-state index in [9.17, 15) is 10.1 Å². The first-order valence-electron chi connectivity index (χ1n) is 5.88. The summed E-state index contributed by atoms with van der Waals surface area (Å²) in [7, 11) is 1.65. The molecule has 1 heterocycles. The van der Waals surface area contributed by atoms with Gasteiger partial charge >= 0.3 is 0 Å². The SMILES string of the molecule is COCC(C)CNc1nc2cc([N+](=O)[O-])ccc2o1. The number of benzene rings is 1. The van der Waals surface area contributed by atoms with Crippen molar-refractivity contribution in [2.45, 2.75) is 6.92 Å². The lowest BCUT2D eigenvalue weighted by molar-refractivity contribution is -0.384. The number of hydrogen-bond acceptors (Lipinski definition) is 6. The van der Waals surface area contributed by atoms with Crippen LogP contribution in [0.25, 0.3) is 11.1 Å². The van der Waals surface area contributed by atoms with Crippen molar-refractivity contribution in [1.29, 1.82) is 0 Å². The molecule has 1 N–H and O–H groups in total. The third kappa shape index (κ3) is 3.19. The van der Waals surface area contributed by atoms with Crippen LogP contribution in [0.2, 0.25) is 0 Å². The molecule has 0 aliphatic rings. The van der Waals surface area contributed by atoms with Crippen molar-refractivity contribution in [3.05, 3.63) is 28.3 Å². The van der Waals surface area contributed by atoms with Crippen molar-refractivity contribution in [2.24, 2.45) is 5.92 Å². The second-order valence-electron chi connectivity index (χ2n) is 4.37. The average Bonchev–Trinajstić information content (AvgIpc) is 2.78. The van der Waals surface area contributed by atoms with Crippen molar-refractivity contribution in [3.8, 4) is 0 Å². The lowest BCUT2D eigenvalue weighted by atomic mass is 10.2. The van der Waals surface area contributed by atoms with E-state index in [4.69, 9.17) is 9.15 Å². The van der Waals surface area contributed by atoms with Crippen LogP contribution in [0.4, 0.5) is 11.7 Å². The zero-order valence-electron chi connectivity index (χ0n) is 10.8. The number of non-ortho nitro benzene ring substituents is 1. The number of rotatable bonds is 6. The Kier molecular flexibility index (Phi) is 3.96. The zero-order chi connectivity index (χ0) is 13.8. The summed E-state index contributed by atoms with van der Waals surface area (Å²) in [4.78, 5) is 14.4. The first kappa shape index (κ1) is 13.3. The number of nitrogens with zero attached hydrogens (tertiary/aromatic N) is 2. The lowest BCUT2D eigenvalue weighted by Gasteiger charge is -2.09. The van der Waals surface area contributed by atoms with E-state index < -0.39 is 4.92 Å². The van der Waals surface area contributed by atoms with Crippen molar-refractivity contribution >= 4 is 22.8 Å². The van der Waals surface area contributed by atoms with E-state index in [1.807, 2.05) is 6.92 Å². The lowest BCUT2D eigenvalue weighted by Crippen LogP contribution is -2.15. The molecule has 2 rings (SSSR count). The van der Waals surface area contributed by atoms with Gasteiger partial charge < -0.3 is 14.5 Å². The van der Waals surface area contributed by atoms with Crippen LogP contribution >= 0.6 is 0 Å². The monoisotopic (exact) mass is 265 g/mol. The fourth-order valence-corrected chi connectivity index (χ4v) is 1.71. The van der Waals surface area contributed by atoms with E-state index in [-0.39, 0.29) is 5.69 Å². The fraction of sp³-hybridized carbons (Fsp3) is 0.417. The summed E-state index contributed by atoms with van der Waals surface area (Å²) in [5.74, 6) is 0.314. The molecule has 1 unspecified atom stereocenters. The predicted molar refractivity (Wildman–Crippen MR) is 70.2 cm³/mol. The maximum absolute atomic E-state index is 10.7. The van der Waals surface area contributed by atoms with Crippen LogP contribution in [0.5, 0.6) is 0 Å². The van der Waals surface area contributed by atoms with Crippen LogP contribution in [-0.4, -0.2) is 30.2 Å². The summed E-state index contributed by atoms with van der Waals surface area (Å²) in [6.45, 7) is 3.32. The Morgan fingerprint density at radius 2 is 2.37 bits per heavy atom. The topological polar surface area (TPSA) is 90.4 Å². The molecule has 7 heteroatoms.